The van der Waals surface area contributed by atoms with Crippen LogP contribution in [0.15, 0.2) is 18.2 Å². The molecule has 2 aliphatic rings. The summed E-state index contributed by atoms with van der Waals surface area (Å²) in [7, 11) is 0. The van der Waals surface area contributed by atoms with Crippen LogP contribution in [0.4, 0.5) is 4.39 Å². The number of nitrogens with one attached hydrogen (secondary N) is 1. The van der Waals surface area contributed by atoms with Crippen molar-refractivity contribution in [3.63, 3.8) is 0 Å². The molecule has 1 spiro atoms. The van der Waals surface area contributed by atoms with Crippen molar-refractivity contribution in [2.75, 3.05) is 13.1 Å². The molecule has 2 aliphatic heterocycles. The number of carbonyl (C=O) groups is 1. The van der Waals surface area contributed by atoms with Crippen LogP contribution in [-0.2, 0) is 0 Å². The van der Waals surface area contributed by atoms with Crippen molar-refractivity contribution in [1.82, 2.24) is 5.32 Å². The fourth-order valence-corrected chi connectivity index (χ4v) is 2.63. The highest BCUT2D eigenvalue weighted by atomic mass is 35.5. The second-order valence-corrected chi connectivity index (χ2v) is 4.78. The molecule has 0 aliphatic carbocycles. The molecule has 1 N–H and O–H groups in total. The monoisotopic (exact) mass is 271 g/mol. The Labute approximate surface area is 111 Å². The zero-order chi connectivity index (χ0) is 11.9. The topological polar surface area (TPSA) is 38.3 Å². The van der Waals surface area contributed by atoms with Crippen molar-refractivity contribution >= 4 is 18.2 Å². The van der Waals surface area contributed by atoms with Crippen molar-refractivity contribution in [2.45, 2.75) is 24.9 Å². The van der Waals surface area contributed by atoms with Crippen LogP contribution in [0.25, 0.3) is 0 Å². The van der Waals surface area contributed by atoms with Crippen molar-refractivity contribution < 1.29 is 13.9 Å². The van der Waals surface area contributed by atoms with Crippen LogP contribution in [0.5, 0.6) is 5.75 Å². The Hall–Kier alpha value is -1.13. The van der Waals surface area contributed by atoms with Gasteiger partial charge >= 0.3 is 0 Å². The van der Waals surface area contributed by atoms with E-state index in [4.69, 9.17) is 4.74 Å². The first-order valence-electron chi connectivity index (χ1n) is 5.91. The average Bonchev–Trinajstić information content (AvgIpc) is 2.31. The minimum Gasteiger partial charge on any atom is -0.486 e. The van der Waals surface area contributed by atoms with E-state index in [1.54, 1.807) is 6.07 Å². The van der Waals surface area contributed by atoms with Crippen LogP contribution >= 0.6 is 12.4 Å². The first kappa shape index (κ1) is 13.3. The van der Waals surface area contributed by atoms with Gasteiger partial charge in [0.1, 0.15) is 17.2 Å². The van der Waals surface area contributed by atoms with E-state index in [2.05, 4.69) is 5.32 Å². The van der Waals surface area contributed by atoms with E-state index >= 15 is 0 Å². The summed E-state index contributed by atoms with van der Waals surface area (Å²) in [6.07, 6.45) is 2.02. The molecule has 0 amide bonds. The Morgan fingerprint density at radius 3 is 2.72 bits per heavy atom. The van der Waals surface area contributed by atoms with Gasteiger partial charge < -0.3 is 10.1 Å². The number of rotatable bonds is 0. The molecular formula is C13H15ClFNO2. The summed E-state index contributed by atoms with van der Waals surface area (Å²) in [6, 6.07) is 4.17. The lowest BCUT2D eigenvalue weighted by Gasteiger charge is -2.40. The van der Waals surface area contributed by atoms with Crippen molar-refractivity contribution in [1.29, 1.82) is 0 Å². The molecule has 0 unspecified atom stereocenters. The van der Waals surface area contributed by atoms with Crippen LogP contribution in [0.1, 0.15) is 29.6 Å². The minimum absolute atomic E-state index is 0. The smallest absolute Gasteiger partial charge is 0.170 e. The number of Topliss-reactive ketones (excluding diaryl/α,β-unsaturated/α-hetero) is 1. The molecule has 3 rings (SSSR count). The Kier molecular flexibility index (Phi) is 3.59. The lowest BCUT2D eigenvalue weighted by Crippen LogP contribution is -2.49. The normalized spacial score (nSPS) is 20.8. The summed E-state index contributed by atoms with van der Waals surface area (Å²) in [5.74, 6) is 0.138. The number of carbonyl (C=O) groups excluding carboxylic acids is 1. The van der Waals surface area contributed by atoms with E-state index in [1.165, 1.54) is 12.1 Å². The summed E-state index contributed by atoms with van der Waals surface area (Å²) in [6.45, 7) is 1.73. The maximum atomic E-state index is 13.1. The van der Waals surface area contributed by atoms with E-state index in [1.807, 2.05) is 0 Å². The number of ether oxygens (including phenoxy) is 1. The molecule has 1 aromatic rings. The van der Waals surface area contributed by atoms with E-state index in [9.17, 15) is 9.18 Å². The minimum atomic E-state index is -0.387. The Morgan fingerprint density at radius 2 is 2.00 bits per heavy atom. The number of piperidine rings is 1. The maximum Gasteiger partial charge on any atom is 0.170 e. The van der Waals surface area contributed by atoms with Crippen molar-refractivity contribution in [2.24, 2.45) is 0 Å². The highest BCUT2D eigenvalue weighted by Crippen LogP contribution is 2.38. The first-order valence-corrected chi connectivity index (χ1v) is 5.91. The fraction of sp³-hybridized carbons (Fsp3) is 0.462. The van der Waals surface area contributed by atoms with Crippen molar-refractivity contribution in [3.8, 4) is 5.75 Å². The fourth-order valence-electron chi connectivity index (χ4n) is 2.63. The van der Waals surface area contributed by atoms with Gasteiger partial charge in [0, 0.05) is 12.8 Å². The average molecular weight is 272 g/mol. The first-order chi connectivity index (χ1) is 8.19. The summed E-state index contributed by atoms with van der Waals surface area (Å²) in [5.41, 5.74) is 0.0156. The van der Waals surface area contributed by atoms with E-state index in [0.717, 1.165) is 25.9 Å². The van der Waals surface area contributed by atoms with Gasteiger partial charge in [0.15, 0.2) is 5.78 Å². The van der Waals surface area contributed by atoms with Gasteiger partial charge in [-0.15, -0.1) is 12.4 Å². The SMILES string of the molecule is Cl.O=C1CC2(CCNCC2)Oc2ccc(F)cc21. The summed E-state index contributed by atoms with van der Waals surface area (Å²) < 4.78 is 19.0. The maximum absolute atomic E-state index is 13.1. The molecule has 0 bridgehead atoms. The van der Waals surface area contributed by atoms with Gasteiger partial charge in [0.05, 0.1) is 12.0 Å². The molecule has 1 saturated heterocycles. The van der Waals surface area contributed by atoms with Gasteiger partial charge in [-0.1, -0.05) is 0 Å². The molecule has 18 heavy (non-hydrogen) atoms. The third-order valence-corrected chi connectivity index (χ3v) is 3.57. The third-order valence-electron chi connectivity index (χ3n) is 3.57. The molecular weight excluding hydrogens is 257 g/mol. The number of ketones is 1. The van der Waals surface area contributed by atoms with Crippen LogP contribution in [-0.4, -0.2) is 24.5 Å². The zero-order valence-electron chi connectivity index (χ0n) is 9.87. The number of benzene rings is 1. The van der Waals surface area contributed by atoms with Gasteiger partial charge in [-0.2, -0.15) is 0 Å². The predicted octanol–water partition coefficient (Wildman–Crippen LogP) is 2.33. The number of fused-ring (bicyclic) bond motifs is 1. The van der Waals surface area contributed by atoms with Gasteiger partial charge in [-0.25, -0.2) is 4.39 Å². The molecule has 0 atom stereocenters. The number of hydrogen-bond acceptors (Lipinski definition) is 3. The molecule has 2 heterocycles. The van der Waals surface area contributed by atoms with Crippen LogP contribution in [0, 0.1) is 5.82 Å². The molecule has 0 aromatic heterocycles. The number of halogens is 2. The Morgan fingerprint density at radius 1 is 1.28 bits per heavy atom. The third kappa shape index (κ3) is 2.22. The van der Waals surface area contributed by atoms with Gasteiger partial charge in [-0.3, -0.25) is 4.79 Å². The molecule has 5 heteroatoms. The van der Waals surface area contributed by atoms with Crippen molar-refractivity contribution in [3.05, 3.63) is 29.6 Å². The zero-order valence-corrected chi connectivity index (χ0v) is 10.7. The lowest BCUT2D eigenvalue weighted by molar-refractivity contribution is 0.0186. The highest BCUT2D eigenvalue weighted by molar-refractivity contribution is 6.00. The lowest BCUT2D eigenvalue weighted by atomic mass is 9.83. The van der Waals surface area contributed by atoms with E-state index in [0.29, 0.717) is 17.7 Å². The van der Waals surface area contributed by atoms with Gasteiger partial charge in [0.2, 0.25) is 0 Å². The summed E-state index contributed by atoms with van der Waals surface area (Å²) in [4.78, 5) is 12.0. The van der Waals surface area contributed by atoms with Gasteiger partial charge in [0.25, 0.3) is 0 Å². The summed E-state index contributed by atoms with van der Waals surface area (Å²) >= 11 is 0. The van der Waals surface area contributed by atoms with E-state index < -0.39 is 0 Å². The second kappa shape index (κ2) is 4.86. The number of hydrogen-bond donors (Lipinski definition) is 1. The Bertz CT molecular complexity index is 472. The van der Waals surface area contributed by atoms with Gasteiger partial charge in [-0.05, 0) is 31.3 Å². The molecule has 0 radical (unpaired) electrons. The van der Waals surface area contributed by atoms with E-state index in [-0.39, 0.29) is 29.6 Å². The molecule has 1 aromatic carbocycles. The quantitative estimate of drug-likeness (QED) is 0.787. The molecule has 1 fully saturated rings. The van der Waals surface area contributed by atoms with Crippen LogP contribution in [0.2, 0.25) is 0 Å². The molecule has 0 saturated carbocycles. The molecule has 98 valence electrons. The molecule has 3 nitrogen and oxygen atoms in total. The standard InChI is InChI=1S/C13H14FNO2.ClH/c14-9-1-2-12-10(7-9)11(16)8-13(17-12)3-5-15-6-4-13;/h1-2,7,15H,3-6,8H2;1H. The van der Waals surface area contributed by atoms with Crippen LogP contribution in [0.3, 0.4) is 0 Å². The highest BCUT2D eigenvalue weighted by Gasteiger charge is 2.41. The predicted molar refractivity (Wildman–Crippen MR) is 68.1 cm³/mol. The summed E-state index contributed by atoms with van der Waals surface area (Å²) in [5, 5.41) is 3.25. The Balaban J connectivity index is 0.00000120. The van der Waals surface area contributed by atoms with Crippen LogP contribution < -0.4 is 10.1 Å². The largest absolute Gasteiger partial charge is 0.486 e. The second-order valence-electron chi connectivity index (χ2n) is 4.78.